The Bertz CT molecular complexity index is 207. The van der Waals surface area contributed by atoms with Gasteiger partial charge in [0.2, 0.25) is 0 Å². The monoisotopic (exact) mass is 220 g/mol. The average Bonchev–Trinajstić information content (AvgIpc) is 2.25. The number of ether oxygens (including phenoxy) is 2. The van der Waals surface area contributed by atoms with Gasteiger partial charge in [-0.2, -0.15) is 0 Å². The first-order valence-electron chi connectivity index (χ1n) is 4.64. The average molecular weight is 220 g/mol. The molecule has 15 heavy (non-hydrogen) atoms. The molecule has 1 rings (SSSR count). The number of rotatable bonds is 4. The predicted molar refractivity (Wildman–Crippen MR) is 49.9 cm³/mol. The van der Waals surface area contributed by atoms with Crippen molar-refractivity contribution in [2.75, 3.05) is 13.2 Å². The summed E-state index contributed by atoms with van der Waals surface area (Å²) in [5.41, 5.74) is 0. The first-order valence-corrected chi connectivity index (χ1v) is 4.64. The molecular weight excluding hydrogens is 204 g/mol. The molecule has 1 heterocycles. The van der Waals surface area contributed by atoms with Crippen molar-refractivity contribution in [1.29, 1.82) is 0 Å². The minimum Gasteiger partial charge on any atom is -0.394 e. The van der Waals surface area contributed by atoms with Gasteiger partial charge in [0, 0.05) is 0 Å². The van der Waals surface area contributed by atoms with Crippen LogP contribution in [0.4, 0.5) is 0 Å². The van der Waals surface area contributed by atoms with Gasteiger partial charge in [-0.25, -0.2) is 0 Å². The topological polar surface area (TPSA) is 99.4 Å². The van der Waals surface area contributed by atoms with Gasteiger partial charge in [0.15, 0.2) is 6.29 Å². The normalized spacial score (nSPS) is 41.5. The van der Waals surface area contributed by atoms with Crippen molar-refractivity contribution in [3.8, 4) is 0 Å². The highest BCUT2D eigenvalue weighted by molar-refractivity contribution is 4.89. The fraction of sp³-hybridized carbons (Fsp3) is 0.778. The van der Waals surface area contributed by atoms with Gasteiger partial charge in [0.25, 0.3) is 0 Å². The van der Waals surface area contributed by atoms with Crippen LogP contribution in [-0.4, -0.2) is 64.3 Å². The Morgan fingerprint density at radius 3 is 2.40 bits per heavy atom. The fourth-order valence-corrected chi connectivity index (χ4v) is 1.37. The molecule has 0 aromatic carbocycles. The SMILES string of the molecule is C=CCO[C@H]1O[C@@H](CO)[C@H](O)[C@H](O)[C@@H]1O. The summed E-state index contributed by atoms with van der Waals surface area (Å²) in [7, 11) is 0. The molecule has 0 amide bonds. The van der Waals surface area contributed by atoms with E-state index in [-0.39, 0.29) is 6.61 Å². The highest BCUT2D eigenvalue weighted by atomic mass is 16.7. The summed E-state index contributed by atoms with van der Waals surface area (Å²) in [5, 5.41) is 37.1. The Hall–Kier alpha value is -0.500. The molecule has 0 aromatic rings. The zero-order valence-corrected chi connectivity index (χ0v) is 8.19. The van der Waals surface area contributed by atoms with Crippen LogP contribution < -0.4 is 0 Å². The van der Waals surface area contributed by atoms with E-state index in [0.717, 1.165) is 0 Å². The number of aliphatic hydroxyl groups is 4. The molecule has 0 radical (unpaired) electrons. The van der Waals surface area contributed by atoms with Gasteiger partial charge in [0.1, 0.15) is 24.4 Å². The fourth-order valence-electron chi connectivity index (χ4n) is 1.37. The van der Waals surface area contributed by atoms with E-state index in [1.165, 1.54) is 6.08 Å². The van der Waals surface area contributed by atoms with Gasteiger partial charge in [0.05, 0.1) is 13.2 Å². The molecular formula is C9H16O6. The molecule has 0 aromatic heterocycles. The van der Waals surface area contributed by atoms with Crippen molar-refractivity contribution in [3.05, 3.63) is 12.7 Å². The van der Waals surface area contributed by atoms with Crippen molar-refractivity contribution in [3.63, 3.8) is 0 Å². The molecule has 88 valence electrons. The third-order valence-electron chi connectivity index (χ3n) is 2.23. The summed E-state index contributed by atoms with van der Waals surface area (Å²) in [6, 6.07) is 0. The Kier molecular flexibility index (Phi) is 4.65. The second-order valence-corrected chi connectivity index (χ2v) is 3.32. The van der Waals surface area contributed by atoms with E-state index >= 15 is 0 Å². The van der Waals surface area contributed by atoms with E-state index in [1.54, 1.807) is 0 Å². The molecule has 4 N–H and O–H groups in total. The van der Waals surface area contributed by atoms with Crippen molar-refractivity contribution >= 4 is 0 Å². The van der Waals surface area contributed by atoms with Crippen LogP contribution in [0.3, 0.4) is 0 Å². The predicted octanol–water partition coefficient (Wildman–Crippen LogP) is -2.01. The molecule has 1 aliphatic heterocycles. The molecule has 0 aliphatic carbocycles. The molecule has 6 nitrogen and oxygen atoms in total. The third-order valence-corrected chi connectivity index (χ3v) is 2.23. The lowest BCUT2D eigenvalue weighted by atomic mass is 9.99. The minimum atomic E-state index is -1.40. The van der Waals surface area contributed by atoms with E-state index in [4.69, 9.17) is 14.6 Å². The maximum absolute atomic E-state index is 9.47. The molecule has 0 unspecified atom stereocenters. The summed E-state index contributed by atoms with van der Waals surface area (Å²) in [4.78, 5) is 0. The van der Waals surface area contributed by atoms with E-state index in [0.29, 0.717) is 0 Å². The molecule has 1 saturated heterocycles. The van der Waals surface area contributed by atoms with Crippen LogP contribution in [0.1, 0.15) is 0 Å². The smallest absolute Gasteiger partial charge is 0.187 e. The first kappa shape index (κ1) is 12.6. The lowest BCUT2D eigenvalue weighted by molar-refractivity contribution is -0.298. The zero-order chi connectivity index (χ0) is 11.4. The van der Waals surface area contributed by atoms with Gasteiger partial charge in [-0.15, -0.1) is 6.58 Å². The maximum atomic E-state index is 9.47. The minimum absolute atomic E-state index is 0.142. The van der Waals surface area contributed by atoms with Crippen LogP contribution in [0, 0.1) is 0 Å². The van der Waals surface area contributed by atoms with Crippen molar-refractivity contribution < 1.29 is 29.9 Å². The van der Waals surface area contributed by atoms with Crippen LogP contribution in [0.5, 0.6) is 0 Å². The Morgan fingerprint density at radius 1 is 1.20 bits per heavy atom. The number of hydrogen-bond donors (Lipinski definition) is 4. The highest BCUT2D eigenvalue weighted by Gasteiger charge is 2.43. The van der Waals surface area contributed by atoms with Gasteiger partial charge in [-0.3, -0.25) is 0 Å². The second-order valence-electron chi connectivity index (χ2n) is 3.32. The van der Waals surface area contributed by atoms with Crippen LogP contribution in [-0.2, 0) is 9.47 Å². The van der Waals surface area contributed by atoms with Gasteiger partial charge in [-0.05, 0) is 0 Å². The molecule has 5 atom stereocenters. The van der Waals surface area contributed by atoms with Crippen LogP contribution in [0.2, 0.25) is 0 Å². The summed E-state index contributed by atoms with van der Waals surface area (Å²) >= 11 is 0. The molecule has 1 fully saturated rings. The van der Waals surface area contributed by atoms with Crippen molar-refractivity contribution in [2.24, 2.45) is 0 Å². The van der Waals surface area contributed by atoms with E-state index in [1.807, 2.05) is 0 Å². The van der Waals surface area contributed by atoms with Crippen LogP contribution in [0.15, 0.2) is 12.7 Å². The molecule has 0 saturated carbocycles. The summed E-state index contributed by atoms with van der Waals surface area (Å²) in [5.74, 6) is 0. The number of aliphatic hydroxyl groups excluding tert-OH is 4. The molecule has 6 heteroatoms. The van der Waals surface area contributed by atoms with Crippen LogP contribution in [0.25, 0.3) is 0 Å². The Balaban J connectivity index is 2.60. The lowest BCUT2D eigenvalue weighted by Crippen LogP contribution is -2.59. The second kappa shape index (κ2) is 5.55. The van der Waals surface area contributed by atoms with Gasteiger partial charge >= 0.3 is 0 Å². The summed E-state index contributed by atoms with van der Waals surface area (Å²) < 4.78 is 10.1. The standard InChI is InChI=1S/C9H16O6/c1-2-3-14-9-8(13)7(12)6(11)5(4-10)15-9/h2,5-13H,1,3-4H2/t5-,6-,7-,8-,9-/m0/s1. The van der Waals surface area contributed by atoms with Crippen molar-refractivity contribution in [1.82, 2.24) is 0 Å². The van der Waals surface area contributed by atoms with Crippen LogP contribution >= 0.6 is 0 Å². The lowest BCUT2D eigenvalue weighted by Gasteiger charge is -2.39. The zero-order valence-electron chi connectivity index (χ0n) is 8.19. The van der Waals surface area contributed by atoms with E-state index in [9.17, 15) is 15.3 Å². The maximum Gasteiger partial charge on any atom is 0.187 e. The van der Waals surface area contributed by atoms with E-state index in [2.05, 4.69) is 6.58 Å². The quantitative estimate of drug-likeness (QED) is 0.408. The number of hydrogen-bond acceptors (Lipinski definition) is 6. The van der Waals surface area contributed by atoms with Gasteiger partial charge in [-0.1, -0.05) is 6.08 Å². The summed E-state index contributed by atoms with van der Waals surface area (Å²) in [6.45, 7) is 3.10. The third kappa shape index (κ3) is 2.75. The highest BCUT2D eigenvalue weighted by Crippen LogP contribution is 2.21. The molecule has 0 spiro atoms. The molecule has 1 aliphatic rings. The Morgan fingerprint density at radius 2 is 1.87 bits per heavy atom. The first-order chi connectivity index (χ1) is 7.11. The van der Waals surface area contributed by atoms with E-state index < -0.39 is 37.3 Å². The van der Waals surface area contributed by atoms with Gasteiger partial charge < -0.3 is 29.9 Å². The summed E-state index contributed by atoms with van der Waals surface area (Å²) in [6.07, 6.45) is -4.64. The molecule has 0 bridgehead atoms. The van der Waals surface area contributed by atoms with Crippen molar-refractivity contribution in [2.45, 2.75) is 30.7 Å². The Labute approximate surface area is 87.4 Å². The largest absolute Gasteiger partial charge is 0.394 e.